The van der Waals surface area contributed by atoms with E-state index in [1.54, 1.807) is 13.2 Å². The summed E-state index contributed by atoms with van der Waals surface area (Å²) in [6.45, 7) is 1.54. The van der Waals surface area contributed by atoms with Gasteiger partial charge in [-0.25, -0.2) is 0 Å². The number of hydrogen-bond donors (Lipinski definition) is 2. The number of rotatable bonds is 8. The Balaban J connectivity index is 2.53. The first-order valence-electron chi connectivity index (χ1n) is 5.98. The zero-order valence-corrected chi connectivity index (χ0v) is 10.6. The van der Waals surface area contributed by atoms with Crippen LogP contribution >= 0.6 is 0 Å². The Kier molecular flexibility index (Phi) is 6.83. The fourth-order valence-electron chi connectivity index (χ4n) is 1.42. The van der Waals surface area contributed by atoms with Gasteiger partial charge in [-0.3, -0.25) is 4.79 Å². The van der Waals surface area contributed by atoms with Gasteiger partial charge in [-0.15, -0.1) is 0 Å². The van der Waals surface area contributed by atoms with E-state index in [1.165, 1.54) is 0 Å². The van der Waals surface area contributed by atoms with Gasteiger partial charge >= 0.3 is 0 Å². The number of methoxy groups -OCH3 is 1. The molecule has 0 aliphatic carbocycles. The highest BCUT2D eigenvalue weighted by Crippen LogP contribution is 2.23. The number of carbonyl (C=O) groups is 1. The molecule has 0 heterocycles. The van der Waals surface area contributed by atoms with Crippen LogP contribution in [-0.4, -0.2) is 32.8 Å². The zero-order valence-electron chi connectivity index (χ0n) is 10.6. The molecule has 0 bridgehead atoms. The molecular formula is C13H20N2O3. The van der Waals surface area contributed by atoms with Crippen molar-refractivity contribution in [2.45, 2.75) is 12.8 Å². The Bertz CT molecular complexity index is 369. The average Bonchev–Trinajstić information content (AvgIpc) is 2.37. The molecule has 0 aliphatic heterocycles. The highest BCUT2D eigenvalue weighted by atomic mass is 16.5. The van der Waals surface area contributed by atoms with E-state index in [-0.39, 0.29) is 5.91 Å². The number of ether oxygens (including phenoxy) is 2. The Morgan fingerprint density at radius 1 is 1.33 bits per heavy atom. The lowest BCUT2D eigenvalue weighted by Gasteiger charge is -2.12. The number of hydrogen-bond acceptors (Lipinski definition) is 4. The summed E-state index contributed by atoms with van der Waals surface area (Å²) in [7, 11) is 1.65. The van der Waals surface area contributed by atoms with Crippen LogP contribution in [0.2, 0.25) is 0 Å². The minimum absolute atomic E-state index is 0.106. The van der Waals surface area contributed by atoms with Gasteiger partial charge in [0.1, 0.15) is 5.75 Å². The molecule has 0 radical (unpaired) electrons. The van der Waals surface area contributed by atoms with Gasteiger partial charge in [0.05, 0.1) is 12.3 Å². The number of nitrogens with two attached hydrogens (primary N) is 1. The minimum atomic E-state index is -0.106. The van der Waals surface area contributed by atoms with Crippen molar-refractivity contribution in [2.24, 2.45) is 5.73 Å². The molecule has 1 aromatic carbocycles. The van der Waals surface area contributed by atoms with Crippen LogP contribution in [0, 0.1) is 0 Å². The van der Waals surface area contributed by atoms with E-state index in [0.717, 1.165) is 6.42 Å². The standard InChI is InChI=1S/C13H20N2O3/c1-17-9-4-10-18-12-6-3-2-5-11(12)15-13(16)7-8-14/h2-3,5-6H,4,7-10,14H2,1H3,(H,15,16). The Hall–Kier alpha value is -1.59. The molecule has 0 fully saturated rings. The molecular weight excluding hydrogens is 232 g/mol. The van der Waals surface area contributed by atoms with E-state index in [1.807, 2.05) is 18.2 Å². The smallest absolute Gasteiger partial charge is 0.225 e. The molecule has 0 saturated carbocycles. The van der Waals surface area contributed by atoms with Gasteiger partial charge in [0.15, 0.2) is 0 Å². The summed E-state index contributed by atoms with van der Waals surface area (Å²) < 4.78 is 10.5. The molecule has 1 amide bonds. The van der Waals surface area contributed by atoms with Crippen molar-refractivity contribution in [2.75, 3.05) is 32.2 Å². The van der Waals surface area contributed by atoms with Gasteiger partial charge in [-0.2, -0.15) is 0 Å². The third-order valence-corrected chi connectivity index (χ3v) is 2.28. The first kappa shape index (κ1) is 14.5. The maximum atomic E-state index is 11.5. The molecule has 5 nitrogen and oxygen atoms in total. The Labute approximate surface area is 107 Å². The third kappa shape index (κ3) is 5.16. The fourth-order valence-corrected chi connectivity index (χ4v) is 1.42. The molecule has 0 saturated heterocycles. The molecule has 5 heteroatoms. The van der Waals surface area contributed by atoms with E-state index >= 15 is 0 Å². The normalized spacial score (nSPS) is 10.1. The fraction of sp³-hybridized carbons (Fsp3) is 0.462. The summed E-state index contributed by atoms with van der Waals surface area (Å²) in [4.78, 5) is 11.5. The zero-order chi connectivity index (χ0) is 13.2. The van der Waals surface area contributed by atoms with Crippen LogP contribution in [0.4, 0.5) is 5.69 Å². The number of nitrogens with one attached hydrogen (secondary N) is 1. The van der Waals surface area contributed by atoms with Crippen LogP contribution in [-0.2, 0) is 9.53 Å². The van der Waals surface area contributed by atoms with Crippen LogP contribution in [0.1, 0.15) is 12.8 Å². The molecule has 1 rings (SSSR count). The number of anilines is 1. The van der Waals surface area contributed by atoms with Crippen molar-refractivity contribution in [3.05, 3.63) is 24.3 Å². The molecule has 3 N–H and O–H groups in total. The average molecular weight is 252 g/mol. The van der Waals surface area contributed by atoms with Crippen LogP contribution in [0.5, 0.6) is 5.75 Å². The number of amides is 1. The van der Waals surface area contributed by atoms with Crippen molar-refractivity contribution in [3.63, 3.8) is 0 Å². The quantitative estimate of drug-likeness (QED) is 0.686. The molecule has 18 heavy (non-hydrogen) atoms. The van der Waals surface area contributed by atoms with Gasteiger partial charge in [0, 0.05) is 33.1 Å². The van der Waals surface area contributed by atoms with E-state index < -0.39 is 0 Å². The van der Waals surface area contributed by atoms with E-state index in [0.29, 0.717) is 37.6 Å². The van der Waals surface area contributed by atoms with Crippen molar-refractivity contribution in [1.29, 1.82) is 0 Å². The summed E-state index contributed by atoms with van der Waals surface area (Å²) in [5.74, 6) is 0.560. The van der Waals surface area contributed by atoms with Crippen LogP contribution < -0.4 is 15.8 Å². The molecule has 100 valence electrons. The van der Waals surface area contributed by atoms with Gasteiger partial charge in [-0.1, -0.05) is 12.1 Å². The van der Waals surface area contributed by atoms with Crippen LogP contribution in [0.25, 0.3) is 0 Å². The monoisotopic (exact) mass is 252 g/mol. The molecule has 1 aromatic rings. The molecule has 0 unspecified atom stereocenters. The highest BCUT2D eigenvalue weighted by molar-refractivity contribution is 5.92. The van der Waals surface area contributed by atoms with Gasteiger partial charge in [0.25, 0.3) is 0 Å². The summed E-state index contributed by atoms with van der Waals surface area (Å²) >= 11 is 0. The van der Waals surface area contributed by atoms with Crippen molar-refractivity contribution in [3.8, 4) is 5.75 Å². The molecule has 0 spiro atoms. The van der Waals surface area contributed by atoms with E-state index in [4.69, 9.17) is 15.2 Å². The maximum absolute atomic E-state index is 11.5. The topological polar surface area (TPSA) is 73.6 Å². The predicted molar refractivity (Wildman–Crippen MR) is 70.7 cm³/mol. The highest BCUT2D eigenvalue weighted by Gasteiger charge is 2.06. The van der Waals surface area contributed by atoms with E-state index in [9.17, 15) is 4.79 Å². The maximum Gasteiger partial charge on any atom is 0.225 e. The lowest BCUT2D eigenvalue weighted by Crippen LogP contribution is -2.16. The SMILES string of the molecule is COCCCOc1ccccc1NC(=O)CCN. The largest absolute Gasteiger partial charge is 0.491 e. The second-order valence-corrected chi connectivity index (χ2v) is 3.78. The van der Waals surface area contributed by atoms with Gasteiger partial charge in [-0.05, 0) is 12.1 Å². The van der Waals surface area contributed by atoms with Gasteiger partial charge < -0.3 is 20.5 Å². The lowest BCUT2D eigenvalue weighted by atomic mass is 10.2. The van der Waals surface area contributed by atoms with Crippen molar-refractivity contribution in [1.82, 2.24) is 0 Å². The van der Waals surface area contributed by atoms with Crippen LogP contribution in [0.15, 0.2) is 24.3 Å². The molecule has 0 aliphatic rings. The second kappa shape index (κ2) is 8.49. The van der Waals surface area contributed by atoms with E-state index in [2.05, 4.69) is 5.32 Å². The Morgan fingerprint density at radius 2 is 2.11 bits per heavy atom. The summed E-state index contributed by atoms with van der Waals surface area (Å²) in [6.07, 6.45) is 1.11. The van der Waals surface area contributed by atoms with Gasteiger partial charge in [0.2, 0.25) is 5.91 Å². The number of benzene rings is 1. The Morgan fingerprint density at radius 3 is 2.83 bits per heavy atom. The third-order valence-electron chi connectivity index (χ3n) is 2.28. The first-order valence-corrected chi connectivity index (χ1v) is 5.98. The van der Waals surface area contributed by atoms with Crippen LogP contribution in [0.3, 0.4) is 0 Å². The summed E-state index contributed by atoms with van der Waals surface area (Å²) in [5, 5.41) is 2.78. The van der Waals surface area contributed by atoms with Crippen molar-refractivity contribution < 1.29 is 14.3 Å². The predicted octanol–water partition coefficient (Wildman–Crippen LogP) is 1.39. The first-order chi connectivity index (χ1) is 8.77. The number of carbonyl (C=O) groups excluding carboxylic acids is 1. The minimum Gasteiger partial charge on any atom is -0.491 e. The molecule has 0 atom stereocenters. The summed E-state index contributed by atoms with van der Waals surface area (Å²) in [5.41, 5.74) is 6.00. The number of para-hydroxylation sites is 2. The molecule has 0 aromatic heterocycles. The van der Waals surface area contributed by atoms with Crippen molar-refractivity contribution >= 4 is 11.6 Å². The summed E-state index contributed by atoms with van der Waals surface area (Å²) in [6, 6.07) is 7.34. The lowest BCUT2D eigenvalue weighted by molar-refractivity contribution is -0.116. The second-order valence-electron chi connectivity index (χ2n) is 3.78.